The highest BCUT2D eigenvalue weighted by atomic mass is 16.3. The van der Waals surface area contributed by atoms with Crippen molar-refractivity contribution < 1.29 is 5.11 Å². The van der Waals surface area contributed by atoms with E-state index in [-0.39, 0.29) is 12.2 Å². The van der Waals surface area contributed by atoms with Crippen LogP contribution in [0.25, 0.3) is 0 Å². The zero-order valence-corrected chi connectivity index (χ0v) is 10.5. The molecule has 4 heterocycles. The first-order valence-corrected chi connectivity index (χ1v) is 6.73. The predicted molar refractivity (Wildman–Crippen MR) is 67.4 cm³/mol. The minimum atomic E-state index is 0.131. The lowest BCUT2D eigenvalue weighted by atomic mass is 9.51. The number of rotatable bonds is 1. The van der Waals surface area contributed by atoms with Crippen LogP contribution in [0.1, 0.15) is 11.6 Å². The SMILES string of the molecule is CN1C[C@@H]2c3cccc(=O)n3C[C@@H]3C1C(CO)[C@H]23. The van der Waals surface area contributed by atoms with Gasteiger partial charge in [-0.15, -0.1) is 0 Å². The zero-order valence-electron chi connectivity index (χ0n) is 10.5. The van der Waals surface area contributed by atoms with Crippen LogP contribution in [0.3, 0.4) is 0 Å². The molecule has 3 fully saturated rings. The Balaban J connectivity index is 1.85. The maximum absolute atomic E-state index is 11.9. The minimum absolute atomic E-state index is 0.131. The fraction of sp³-hybridized carbons (Fsp3) is 0.643. The highest BCUT2D eigenvalue weighted by molar-refractivity contribution is 5.25. The number of hydrogen-bond acceptors (Lipinski definition) is 3. The van der Waals surface area contributed by atoms with Crippen LogP contribution in [0.4, 0.5) is 0 Å². The van der Waals surface area contributed by atoms with Gasteiger partial charge in [0.25, 0.3) is 5.56 Å². The Morgan fingerprint density at radius 2 is 2.22 bits per heavy atom. The molecule has 1 aliphatic carbocycles. The average Bonchev–Trinajstić information content (AvgIpc) is 2.33. The van der Waals surface area contributed by atoms with Crippen molar-refractivity contribution in [3.63, 3.8) is 0 Å². The first-order chi connectivity index (χ1) is 8.72. The van der Waals surface area contributed by atoms with Crippen molar-refractivity contribution in [2.45, 2.75) is 18.5 Å². The Morgan fingerprint density at radius 3 is 3.00 bits per heavy atom. The highest BCUT2D eigenvalue weighted by Gasteiger charge is 2.60. The first-order valence-electron chi connectivity index (χ1n) is 6.73. The molecule has 1 aromatic rings. The van der Waals surface area contributed by atoms with Crippen LogP contribution in [0.5, 0.6) is 0 Å². The van der Waals surface area contributed by atoms with Crippen molar-refractivity contribution in [1.29, 1.82) is 0 Å². The molecule has 4 nitrogen and oxygen atoms in total. The lowest BCUT2D eigenvalue weighted by Crippen LogP contribution is -2.71. The first kappa shape index (κ1) is 10.8. The van der Waals surface area contributed by atoms with Gasteiger partial charge < -0.3 is 14.6 Å². The van der Waals surface area contributed by atoms with E-state index in [1.54, 1.807) is 6.07 Å². The number of fused-ring (bicyclic) bond motifs is 2. The van der Waals surface area contributed by atoms with Gasteiger partial charge in [-0.3, -0.25) is 4.79 Å². The van der Waals surface area contributed by atoms with Gasteiger partial charge in [0.05, 0.1) is 0 Å². The number of nitrogens with zero attached hydrogens (tertiary/aromatic N) is 2. The van der Waals surface area contributed by atoms with Crippen LogP contribution >= 0.6 is 0 Å². The van der Waals surface area contributed by atoms with Crippen LogP contribution in [0.15, 0.2) is 23.0 Å². The lowest BCUT2D eigenvalue weighted by molar-refractivity contribution is -0.154. The Bertz CT molecular complexity index is 553. The Hall–Kier alpha value is -1.13. The minimum Gasteiger partial charge on any atom is -0.396 e. The third-order valence-electron chi connectivity index (χ3n) is 5.39. The molecule has 2 saturated heterocycles. The summed E-state index contributed by atoms with van der Waals surface area (Å²) in [6.45, 7) is 2.14. The molecule has 5 atom stereocenters. The standard InChI is InChI=1S/C14H18N2O2/c1-15-5-8-11-3-2-4-12(18)16(11)6-9-13(8)10(7-17)14(9)15/h2-4,8-10,13-14,17H,5-7H2,1H3/t8-,9+,10?,13-,14?/m1/s1. The van der Waals surface area contributed by atoms with Crippen molar-refractivity contribution in [2.75, 3.05) is 20.2 Å². The number of hydrogen-bond donors (Lipinski definition) is 1. The second-order valence-corrected chi connectivity index (χ2v) is 6.02. The second kappa shape index (κ2) is 3.45. The molecule has 1 N–H and O–H groups in total. The molecule has 5 rings (SSSR count). The molecule has 0 radical (unpaired) electrons. The third-order valence-corrected chi connectivity index (χ3v) is 5.39. The van der Waals surface area contributed by atoms with Gasteiger partial charge >= 0.3 is 0 Å². The molecule has 1 aromatic heterocycles. The maximum atomic E-state index is 11.9. The van der Waals surface area contributed by atoms with E-state index in [0.717, 1.165) is 13.1 Å². The van der Waals surface area contributed by atoms with Gasteiger partial charge in [0.15, 0.2) is 0 Å². The largest absolute Gasteiger partial charge is 0.396 e. The van der Waals surface area contributed by atoms with Gasteiger partial charge in [0.1, 0.15) is 0 Å². The summed E-state index contributed by atoms with van der Waals surface area (Å²) in [4.78, 5) is 14.3. The van der Waals surface area contributed by atoms with E-state index in [9.17, 15) is 9.90 Å². The van der Waals surface area contributed by atoms with Crippen molar-refractivity contribution in [3.8, 4) is 0 Å². The highest BCUT2D eigenvalue weighted by Crippen LogP contribution is 2.57. The Kier molecular flexibility index (Phi) is 2.07. The van der Waals surface area contributed by atoms with Crippen LogP contribution in [-0.4, -0.2) is 40.8 Å². The summed E-state index contributed by atoms with van der Waals surface area (Å²) >= 11 is 0. The summed E-state index contributed by atoms with van der Waals surface area (Å²) in [6.07, 6.45) is 0. The maximum Gasteiger partial charge on any atom is 0.250 e. The number of pyridine rings is 1. The molecule has 4 aliphatic rings. The van der Waals surface area contributed by atoms with Crippen molar-refractivity contribution in [1.82, 2.24) is 9.47 Å². The van der Waals surface area contributed by atoms with Gasteiger partial charge in [0, 0.05) is 49.3 Å². The van der Waals surface area contributed by atoms with Crippen LogP contribution in [-0.2, 0) is 6.54 Å². The number of aromatic nitrogens is 1. The zero-order chi connectivity index (χ0) is 12.4. The molecule has 96 valence electrons. The summed E-state index contributed by atoms with van der Waals surface area (Å²) < 4.78 is 1.96. The van der Waals surface area contributed by atoms with E-state index in [0.29, 0.717) is 29.7 Å². The summed E-state index contributed by atoms with van der Waals surface area (Å²) in [5.41, 5.74) is 1.30. The fourth-order valence-corrected chi connectivity index (χ4v) is 4.77. The third kappa shape index (κ3) is 1.11. The monoisotopic (exact) mass is 246 g/mol. The normalized spacial score (nSPS) is 41.1. The average molecular weight is 246 g/mol. The number of aliphatic hydroxyl groups excluding tert-OH is 1. The van der Waals surface area contributed by atoms with E-state index >= 15 is 0 Å². The van der Waals surface area contributed by atoms with E-state index in [4.69, 9.17) is 0 Å². The topological polar surface area (TPSA) is 45.5 Å². The van der Waals surface area contributed by atoms with Crippen LogP contribution in [0, 0.1) is 17.8 Å². The van der Waals surface area contributed by atoms with Gasteiger partial charge in [-0.1, -0.05) is 6.07 Å². The van der Waals surface area contributed by atoms with E-state index in [2.05, 4.69) is 18.0 Å². The molecule has 0 spiro atoms. The van der Waals surface area contributed by atoms with E-state index in [1.807, 2.05) is 10.6 Å². The van der Waals surface area contributed by atoms with Gasteiger partial charge in [-0.05, 0) is 24.9 Å². The molecule has 0 amide bonds. The predicted octanol–water partition coefficient (Wildman–Crippen LogP) is 0.114. The lowest BCUT2D eigenvalue weighted by Gasteiger charge is -2.65. The quantitative estimate of drug-likeness (QED) is 0.765. The summed E-state index contributed by atoms with van der Waals surface area (Å²) in [6, 6.07) is 6.08. The Morgan fingerprint density at radius 1 is 1.39 bits per heavy atom. The summed E-state index contributed by atoms with van der Waals surface area (Å²) in [7, 11) is 2.15. The number of aliphatic hydroxyl groups is 1. The van der Waals surface area contributed by atoms with Gasteiger partial charge in [-0.2, -0.15) is 0 Å². The van der Waals surface area contributed by atoms with E-state index < -0.39 is 0 Å². The van der Waals surface area contributed by atoms with Crippen LogP contribution < -0.4 is 5.56 Å². The van der Waals surface area contributed by atoms with Gasteiger partial charge in [0.2, 0.25) is 0 Å². The summed E-state index contributed by atoms with van der Waals surface area (Å²) in [5.74, 6) is 1.96. The number of likely N-dealkylation sites (N-methyl/N-ethyl adjacent to an activating group) is 1. The molecule has 2 unspecified atom stereocenters. The van der Waals surface area contributed by atoms with Crippen molar-refractivity contribution in [2.24, 2.45) is 17.8 Å². The van der Waals surface area contributed by atoms with Crippen molar-refractivity contribution in [3.05, 3.63) is 34.2 Å². The van der Waals surface area contributed by atoms with E-state index in [1.165, 1.54) is 5.69 Å². The molecule has 1 saturated carbocycles. The smallest absolute Gasteiger partial charge is 0.250 e. The van der Waals surface area contributed by atoms with Crippen LogP contribution in [0.2, 0.25) is 0 Å². The molecular weight excluding hydrogens is 228 g/mol. The number of piperidine rings is 2. The molecule has 0 aromatic carbocycles. The van der Waals surface area contributed by atoms with Gasteiger partial charge in [-0.25, -0.2) is 0 Å². The molecule has 4 heteroatoms. The Labute approximate surface area is 106 Å². The fourth-order valence-electron chi connectivity index (χ4n) is 4.77. The molecule has 3 aliphatic heterocycles. The van der Waals surface area contributed by atoms with Crippen molar-refractivity contribution >= 4 is 0 Å². The molecule has 4 bridgehead atoms. The molecule has 18 heavy (non-hydrogen) atoms. The second-order valence-electron chi connectivity index (χ2n) is 6.02. The molecular formula is C14H18N2O2. The summed E-state index contributed by atoms with van der Waals surface area (Å²) in [5, 5.41) is 9.57.